The third kappa shape index (κ3) is 4.28. The van der Waals surface area contributed by atoms with Crippen molar-refractivity contribution >= 4 is 18.1 Å². The summed E-state index contributed by atoms with van der Waals surface area (Å²) < 4.78 is 0. The number of hydrogen-bond acceptors (Lipinski definition) is 5. The van der Waals surface area contributed by atoms with Gasteiger partial charge < -0.3 is 5.73 Å². The number of hydrogen-bond donors (Lipinski definition) is 3. The van der Waals surface area contributed by atoms with Crippen LogP contribution in [0, 0.1) is 5.41 Å². The van der Waals surface area contributed by atoms with Gasteiger partial charge in [0, 0.05) is 0 Å². The van der Waals surface area contributed by atoms with E-state index in [4.69, 9.17) is 5.41 Å². The molecule has 4 N–H and O–H groups in total. The first-order valence-corrected chi connectivity index (χ1v) is 2.06. The number of primary amides is 1. The molecule has 0 rings (SSSR count). The van der Waals surface area contributed by atoms with Crippen LogP contribution in [0.25, 0.3) is 0 Å². The topological polar surface area (TPSA) is 118 Å². The van der Waals surface area contributed by atoms with E-state index in [0.717, 1.165) is 0 Å². The fourth-order valence-corrected chi connectivity index (χ4v) is 0.188. The Morgan fingerprint density at radius 1 is 1.70 bits per heavy atom. The number of carbonyl (C=O) groups excluding carboxylic acids is 2. The van der Waals surface area contributed by atoms with Crippen LogP contribution < -0.4 is 11.1 Å². The van der Waals surface area contributed by atoms with Crippen molar-refractivity contribution in [2.24, 2.45) is 10.9 Å². The predicted octanol–water partition coefficient (Wildman–Crippen LogP) is -0.541. The summed E-state index contributed by atoms with van der Waals surface area (Å²) in [5.74, 6) is 0. The number of amides is 3. The van der Waals surface area contributed by atoms with Gasteiger partial charge in [0.25, 0.3) is 0 Å². The van der Waals surface area contributed by atoms with E-state index >= 15 is 0 Å². The molecule has 54 valence electrons. The van der Waals surface area contributed by atoms with E-state index in [2.05, 4.69) is 15.7 Å². The van der Waals surface area contributed by atoms with Crippen molar-refractivity contribution in [1.29, 1.82) is 5.41 Å². The third-order valence-corrected chi connectivity index (χ3v) is 0.399. The molecule has 0 aliphatic heterocycles. The number of urea groups is 1. The summed E-state index contributed by atoms with van der Waals surface area (Å²) in [6.07, 6.45) is -1.15. The lowest BCUT2D eigenvalue weighted by atomic mass is 11.0. The van der Waals surface area contributed by atoms with Gasteiger partial charge in [0.15, 0.2) is 0 Å². The summed E-state index contributed by atoms with van der Waals surface area (Å²) in [4.78, 5) is 23.8. The fraction of sp³-hybridized carbons (Fsp3) is 0. The molecule has 0 aromatic rings. The normalized spacial score (nSPS) is 7.20. The largest absolute Gasteiger partial charge is 0.442 e. The number of rotatable bonds is 1. The van der Waals surface area contributed by atoms with E-state index in [1.54, 1.807) is 0 Å². The van der Waals surface area contributed by atoms with Gasteiger partial charge in [-0.1, -0.05) is 0 Å². The maximum absolute atomic E-state index is 10.2. The van der Waals surface area contributed by atoms with E-state index in [9.17, 15) is 9.59 Å². The summed E-state index contributed by atoms with van der Waals surface area (Å²) in [6, 6.07) is 0.361. The van der Waals surface area contributed by atoms with Crippen molar-refractivity contribution in [2.45, 2.75) is 0 Å². The van der Waals surface area contributed by atoms with Crippen LogP contribution in [0.2, 0.25) is 0 Å². The van der Waals surface area contributed by atoms with Crippen LogP contribution in [-0.4, -0.2) is 18.1 Å². The van der Waals surface area contributed by atoms with Gasteiger partial charge in [-0.15, -0.1) is 0 Å². The Balaban J connectivity index is 3.64. The van der Waals surface area contributed by atoms with Gasteiger partial charge in [0.1, 0.15) is 6.01 Å². The van der Waals surface area contributed by atoms with Crippen LogP contribution in [0.15, 0.2) is 5.16 Å². The van der Waals surface area contributed by atoms with E-state index in [1.807, 2.05) is 0 Å². The lowest BCUT2D eigenvalue weighted by molar-refractivity contribution is 0.153. The average molecular weight is 144 g/mol. The summed E-state index contributed by atoms with van der Waals surface area (Å²) in [5, 5.41) is 10.3. The van der Waals surface area contributed by atoms with Crippen LogP contribution in [0.4, 0.5) is 9.59 Å². The van der Waals surface area contributed by atoms with Crippen LogP contribution in [-0.2, 0) is 4.84 Å². The first-order chi connectivity index (χ1) is 4.66. The molecule has 0 atom stereocenters. The van der Waals surface area contributed by atoms with Crippen molar-refractivity contribution in [1.82, 2.24) is 5.32 Å². The Hall–Kier alpha value is -1.88. The highest BCUT2D eigenvalue weighted by atomic mass is 16.7. The maximum atomic E-state index is 10.2. The van der Waals surface area contributed by atoms with Crippen molar-refractivity contribution in [3.05, 3.63) is 0 Å². The fourth-order valence-electron chi connectivity index (χ4n) is 0.188. The van der Waals surface area contributed by atoms with Gasteiger partial charge in [0.2, 0.25) is 0 Å². The molecule has 7 nitrogen and oxygen atoms in total. The van der Waals surface area contributed by atoms with Crippen molar-refractivity contribution in [2.75, 3.05) is 0 Å². The van der Waals surface area contributed by atoms with E-state index in [0.29, 0.717) is 0 Å². The molecular formula is C3H4N4O3. The van der Waals surface area contributed by atoms with Gasteiger partial charge in [-0.05, 0) is 5.16 Å². The molecule has 0 heterocycles. The standard InChI is InChI=1S/C3H4N4O3/c4-1-6-10-3(9)7-2(5)8/h4H,(H3,5,7,8,9). The monoisotopic (exact) mass is 144 g/mol. The Morgan fingerprint density at radius 3 is 2.70 bits per heavy atom. The second-order valence-electron chi connectivity index (χ2n) is 1.07. The van der Waals surface area contributed by atoms with E-state index in [1.165, 1.54) is 11.3 Å². The zero-order valence-electron chi connectivity index (χ0n) is 4.75. The lowest BCUT2D eigenvalue weighted by Gasteiger charge is -1.92. The highest BCUT2D eigenvalue weighted by Gasteiger charge is 2.02. The van der Waals surface area contributed by atoms with Crippen molar-refractivity contribution < 1.29 is 14.4 Å². The predicted molar refractivity (Wildman–Crippen MR) is 29.4 cm³/mol. The highest BCUT2D eigenvalue weighted by molar-refractivity contribution is 5.89. The number of imide groups is 1. The number of carbonyl (C=O) groups is 2. The summed E-state index contributed by atoms with van der Waals surface area (Å²) in [6.45, 7) is 0. The summed E-state index contributed by atoms with van der Waals surface area (Å²) in [7, 11) is 0. The van der Waals surface area contributed by atoms with Crippen molar-refractivity contribution in [3.63, 3.8) is 0 Å². The van der Waals surface area contributed by atoms with E-state index in [-0.39, 0.29) is 0 Å². The van der Waals surface area contributed by atoms with Gasteiger partial charge >= 0.3 is 12.1 Å². The van der Waals surface area contributed by atoms with Gasteiger partial charge in [-0.3, -0.25) is 4.84 Å². The first-order valence-electron chi connectivity index (χ1n) is 2.06. The molecule has 0 fully saturated rings. The molecule has 10 heavy (non-hydrogen) atoms. The highest BCUT2D eigenvalue weighted by Crippen LogP contribution is 1.74. The quantitative estimate of drug-likeness (QED) is 0.260. The Kier molecular flexibility index (Phi) is 3.28. The number of nitrogens with one attached hydrogen (secondary N) is 2. The Labute approximate surface area is 55.3 Å². The molecule has 7 heteroatoms. The summed E-state index contributed by atoms with van der Waals surface area (Å²) >= 11 is 0. The molecule has 0 saturated carbocycles. The molecule has 0 spiro atoms. The molecule has 0 aromatic carbocycles. The van der Waals surface area contributed by atoms with Gasteiger partial charge in [-0.2, -0.15) is 0 Å². The van der Waals surface area contributed by atoms with Crippen LogP contribution >= 0.6 is 0 Å². The zero-order chi connectivity index (χ0) is 7.98. The minimum Gasteiger partial charge on any atom is -0.351 e. The molecule has 0 aliphatic carbocycles. The second-order valence-corrected chi connectivity index (χ2v) is 1.07. The van der Waals surface area contributed by atoms with Crippen molar-refractivity contribution in [3.8, 4) is 0 Å². The second kappa shape index (κ2) is 4.04. The maximum Gasteiger partial charge on any atom is 0.442 e. The SMILES string of the molecule is N=C=NOC(=O)NC(N)=O. The minimum absolute atomic E-state index is 1.05. The minimum atomic E-state index is -1.15. The molecule has 0 saturated heterocycles. The molecule has 0 aliphatic rings. The molecule has 0 aromatic heterocycles. The van der Waals surface area contributed by atoms with Crippen LogP contribution in [0.5, 0.6) is 0 Å². The number of nitrogens with zero attached hydrogens (tertiary/aromatic N) is 1. The smallest absolute Gasteiger partial charge is 0.351 e. The Morgan fingerprint density at radius 2 is 2.30 bits per heavy atom. The molecule has 3 amide bonds. The molecule has 0 unspecified atom stereocenters. The molecular weight excluding hydrogens is 140 g/mol. The van der Waals surface area contributed by atoms with Crippen LogP contribution in [0.1, 0.15) is 0 Å². The van der Waals surface area contributed by atoms with Gasteiger partial charge in [0.05, 0.1) is 0 Å². The van der Waals surface area contributed by atoms with E-state index < -0.39 is 12.1 Å². The average Bonchev–Trinajstić information content (AvgIpc) is 1.82. The molecule has 0 bridgehead atoms. The first kappa shape index (κ1) is 8.12. The third-order valence-electron chi connectivity index (χ3n) is 0.399. The number of nitrogens with two attached hydrogens (primary N) is 1. The summed E-state index contributed by atoms with van der Waals surface area (Å²) in [5.41, 5.74) is 4.51. The van der Waals surface area contributed by atoms with Crippen LogP contribution in [0.3, 0.4) is 0 Å². The Bertz CT molecular complexity index is 188. The molecule has 0 radical (unpaired) electrons. The lowest BCUT2D eigenvalue weighted by Crippen LogP contribution is -2.34. The zero-order valence-corrected chi connectivity index (χ0v) is 4.75. The van der Waals surface area contributed by atoms with Gasteiger partial charge in [-0.25, -0.2) is 20.3 Å².